The molecule has 2 aromatic rings. The molecular formula is C18H21NO4. The highest BCUT2D eigenvalue weighted by atomic mass is 16.5. The molecule has 1 unspecified atom stereocenters. The summed E-state index contributed by atoms with van der Waals surface area (Å²) in [6.45, 7) is 3.71. The molecule has 23 heavy (non-hydrogen) atoms. The fourth-order valence-electron chi connectivity index (χ4n) is 2.02. The third-order valence-corrected chi connectivity index (χ3v) is 3.06. The second kappa shape index (κ2) is 8.19. The maximum absolute atomic E-state index is 11.9. The maximum Gasteiger partial charge on any atom is 0.244 e. The number of ether oxygens (including phenoxy) is 1. The van der Waals surface area contributed by atoms with Crippen LogP contribution in [0.15, 0.2) is 53.2 Å². The van der Waals surface area contributed by atoms with E-state index in [1.807, 2.05) is 38.1 Å². The fourth-order valence-corrected chi connectivity index (χ4v) is 2.02. The summed E-state index contributed by atoms with van der Waals surface area (Å²) < 4.78 is 10.7. The maximum atomic E-state index is 11.9. The van der Waals surface area contributed by atoms with Gasteiger partial charge in [-0.05, 0) is 49.8 Å². The van der Waals surface area contributed by atoms with E-state index in [9.17, 15) is 9.90 Å². The molecule has 1 atom stereocenters. The Morgan fingerprint density at radius 2 is 2.04 bits per heavy atom. The molecule has 5 nitrogen and oxygen atoms in total. The monoisotopic (exact) mass is 315 g/mol. The normalized spacial score (nSPS) is 12.5. The highest BCUT2D eigenvalue weighted by molar-refractivity contribution is 5.91. The van der Waals surface area contributed by atoms with Crippen LogP contribution in [-0.4, -0.2) is 23.7 Å². The van der Waals surface area contributed by atoms with Gasteiger partial charge in [0.25, 0.3) is 0 Å². The van der Waals surface area contributed by atoms with Gasteiger partial charge in [-0.3, -0.25) is 4.79 Å². The second-order valence-corrected chi connectivity index (χ2v) is 5.33. The van der Waals surface area contributed by atoms with Gasteiger partial charge in [0.2, 0.25) is 5.91 Å². The Hall–Kier alpha value is -2.53. The molecule has 1 aromatic carbocycles. The number of carbonyl (C=O) groups excluding carboxylic acids is 1. The molecule has 0 radical (unpaired) electrons. The van der Waals surface area contributed by atoms with E-state index >= 15 is 0 Å². The van der Waals surface area contributed by atoms with Gasteiger partial charge in [-0.2, -0.15) is 0 Å². The van der Waals surface area contributed by atoms with Crippen molar-refractivity contribution >= 4 is 12.0 Å². The van der Waals surface area contributed by atoms with E-state index in [0.29, 0.717) is 5.76 Å². The van der Waals surface area contributed by atoms with Crippen LogP contribution in [0.5, 0.6) is 5.75 Å². The van der Waals surface area contributed by atoms with Crippen molar-refractivity contribution in [1.29, 1.82) is 0 Å². The first-order valence-corrected chi connectivity index (χ1v) is 7.48. The fraction of sp³-hybridized carbons (Fsp3) is 0.278. The highest BCUT2D eigenvalue weighted by Crippen LogP contribution is 2.15. The molecule has 122 valence electrons. The van der Waals surface area contributed by atoms with Crippen LogP contribution in [-0.2, 0) is 4.79 Å². The van der Waals surface area contributed by atoms with Gasteiger partial charge < -0.3 is 19.6 Å². The Balaban J connectivity index is 1.92. The number of carbonyl (C=O) groups is 1. The van der Waals surface area contributed by atoms with Crippen molar-refractivity contribution in [1.82, 2.24) is 5.32 Å². The van der Waals surface area contributed by atoms with Crippen LogP contribution in [0.3, 0.4) is 0 Å². The number of rotatable bonds is 7. The lowest BCUT2D eigenvalue weighted by molar-refractivity contribution is -0.117. The SMILES string of the molecule is CC(C)Oc1ccc(/C=C/C(=O)NC(CO)c2ccco2)cc1. The molecule has 0 bridgehead atoms. The lowest BCUT2D eigenvalue weighted by atomic mass is 10.2. The first-order valence-electron chi connectivity index (χ1n) is 7.48. The molecule has 0 aliphatic rings. The summed E-state index contributed by atoms with van der Waals surface area (Å²) in [7, 11) is 0. The highest BCUT2D eigenvalue weighted by Gasteiger charge is 2.14. The standard InChI is InChI=1S/C18H21NO4/c1-13(2)23-15-8-5-14(6-9-15)7-10-18(21)19-16(12-20)17-4-3-11-22-17/h3-11,13,16,20H,12H2,1-2H3,(H,19,21)/b10-7+. The van der Waals surface area contributed by atoms with Crippen molar-refractivity contribution in [3.05, 3.63) is 60.1 Å². The largest absolute Gasteiger partial charge is 0.491 e. The first kappa shape index (κ1) is 16.8. The summed E-state index contributed by atoms with van der Waals surface area (Å²) in [5.41, 5.74) is 0.884. The molecule has 2 rings (SSSR count). The average Bonchev–Trinajstić information content (AvgIpc) is 3.05. The van der Waals surface area contributed by atoms with Crippen molar-refractivity contribution in [2.45, 2.75) is 26.0 Å². The van der Waals surface area contributed by atoms with Crippen LogP contribution in [0.1, 0.15) is 31.2 Å². The van der Waals surface area contributed by atoms with Crippen molar-refractivity contribution < 1.29 is 19.1 Å². The predicted molar refractivity (Wildman–Crippen MR) is 87.9 cm³/mol. The molecule has 0 aliphatic heterocycles. The molecule has 0 aliphatic carbocycles. The minimum absolute atomic E-state index is 0.124. The summed E-state index contributed by atoms with van der Waals surface area (Å²) in [6, 6.07) is 10.3. The van der Waals surface area contributed by atoms with Crippen LogP contribution in [0.4, 0.5) is 0 Å². The first-order chi connectivity index (χ1) is 11.1. The van der Waals surface area contributed by atoms with Crippen molar-refractivity contribution in [2.75, 3.05) is 6.61 Å². The quantitative estimate of drug-likeness (QED) is 0.771. The molecule has 2 N–H and O–H groups in total. The summed E-state index contributed by atoms with van der Waals surface area (Å²) in [6.07, 6.45) is 4.75. The van der Waals surface area contributed by atoms with E-state index in [-0.39, 0.29) is 18.6 Å². The lowest BCUT2D eigenvalue weighted by Crippen LogP contribution is -2.28. The average molecular weight is 315 g/mol. The summed E-state index contributed by atoms with van der Waals surface area (Å²) in [5, 5.41) is 12.0. The van der Waals surface area contributed by atoms with Gasteiger partial charge in [0.15, 0.2) is 0 Å². The summed E-state index contributed by atoms with van der Waals surface area (Å²) >= 11 is 0. The Kier molecular flexibility index (Phi) is 6.00. The van der Waals surface area contributed by atoms with Crippen LogP contribution >= 0.6 is 0 Å². The van der Waals surface area contributed by atoms with Crippen molar-refractivity contribution in [3.63, 3.8) is 0 Å². The van der Waals surface area contributed by atoms with Gasteiger partial charge in [-0.25, -0.2) is 0 Å². The van der Waals surface area contributed by atoms with Gasteiger partial charge in [0.1, 0.15) is 17.6 Å². The van der Waals surface area contributed by atoms with Crippen LogP contribution in [0.25, 0.3) is 6.08 Å². The molecule has 0 fully saturated rings. The van der Waals surface area contributed by atoms with Gasteiger partial charge >= 0.3 is 0 Å². The summed E-state index contributed by atoms with van der Waals surface area (Å²) in [5.74, 6) is 1.01. The predicted octanol–water partition coefficient (Wildman–Crippen LogP) is 2.93. The third kappa shape index (κ3) is 5.30. The van der Waals surface area contributed by atoms with E-state index in [1.54, 1.807) is 18.2 Å². The molecule has 5 heteroatoms. The van der Waals surface area contributed by atoms with E-state index in [1.165, 1.54) is 12.3 Å². The van der Waals surface area contributed by atoms with Crippen molar-refractivity contribution in [2.24, 2.45) is 0 Å². The van der Waals surface area contributed by atoms with Crippen molar-refractivity contribution in [3.8, 4) is 5.75 Å². The number of aliphatic hydroxyl groups excluding tert-OH is 1. The molecule has 1 amide bonds. The number of hydrogen-bond acceptors (Lipinski definition) is 4. The third-order valence-electron chi connectivity index (χ3n) is 3.06. The number of nitrogens with one attached hydrogen (secondary N) is 1. The Morgan fingerprint density at radius 3 is 2.61 bits per heavy atom. The summed E-state index contributed by atoms with van der Waals surface area (Å²) in [4.78, 5) is 11.9. The van der Waals surface area contributed by atoms with Crippen LogP contribution in [0, 0.1) is 0 Å². The minimum atomic E-state index is -0.552. The Labute approximate surface area is 135 Å². The van der Waals surface area contributed by atoms with Gasteiger partial charge in [-0.1, -0.05) is 12.1 Å². The second-order valence-electron chi connectivity index (χ2n) is 5.33. The minimum Gasteiger partial charge on any atom is -0.491 e. The molecule has 0 saturated carbocycles. The number of aliphatic hydroxyl groups is 1. The zero-order valence-corrected chi connectivity index (χ0v) is 13.2. The number of amides is 1. The number of hydrogen-bond donors (Lipinski definition) is 2. The van der Waals surface area contributed by atoms with E-state index in [0.717, 1.165) is 11.3 Å². The zero-order valence-electron chi connectivity index (χ0n) is 13.2. The molecule has 0 spiro atoms. The zero-order chi connectivity index (χ0) is 16.7. The smallest absolute Gasteiger partial charge is 0.244 e. The van der Waals surface area contributed by atoms with Gasteiger partial charge in [-0.15, -0.1) is 0 Å². The van der Waals surface area contributed by atoms with E-state index in [4.69, 9.17) is 9.15 Å². The lowest BCUT2D eigenvalue weighted by Gasteiger charge is -2.12. The van der Waals surface area contributed by atoms with Crippen LogP contribution < -0.4 is 10.1 Å². The van der Waals surface area contributed by atoms with Gasteiger partial charge in [0, 0.05) is 6.08 Å². The Bertz CT molecular complexity index is 630. The number of furan rings is 1. The van der Waals surface area contributed by atoms with E-state index < -0.39 is 6.04 Å². The van der Waals surface area contributed by atoms with E-state index in [2.05, 4.69) is 5.32 Å². The number of benzene rings is 1. The molecule has 1 aromatic heterocycles. The topological polar surface area (TPSA) is 71.7 Å². The Morgan fingerprint density at radius 1 is 1.30 bits per heavy atom. The molecule has 1 heterocycles. The van der Waals surface area contributed by atoms with Gasteiger partial charge in [0.05, 0.1) is 19.0 Å². The molecule has 0 saturated heterocycles. The van der Waals surface area contributed by atoms with Crippen LogP contribution in [0.2, 0.25) is 0 Å². The molecular weight excluding hydrogens is 294 g/mol.